The van der Waals surface area contributed by atoms with E-state index < -0.39 is 0 Å². The Morgan fingerprint density at radius 1 is 1.24 bits per heavy atom. The summed E-state index contributed by atoms with van der Waals surface area (Å²) >= 11 is 0. The van der Waals surface area contributed by atoms with E-state index >= 15 is 0 Å². The highest BCUT2D eigenvalue weighted by Gasteiger charge is 2.38. The molecule has 1 spiro atoms. The van der Waals surface area contributed by atoms with Gasteiger partial charge < -0.3 is 5.32 Å². The molecule has 0 saturated carbocycles. The first-order valence-corrected chi connectivity index (χ1v) is 6.69. The van der Waals surface area contributed by atoms with E-state index in [0.717, 1.165) is 6.54 Å². The Morgan fingerprint density at radius 2 is 2.12 bits per heavy atom. The Balaban J connectivity index is 1.60. The normalized spacial score (nSPS) is 24.2. The van der Waals surface area contributed by atoms with Crippen LogP contribution in [0.4, 0.5) is 0 Å². The first-order valence-electron chi connectivity index (χ1n) is 6.69. The van der Waals surface area contributed by atoms with Gasteiger partial charge in [0.15, 0.2) is 0 Å². The van der Waals surface area contributed by atoms with Gasteiger partial charge in [0.05, 0.1) is 5.69 Å². The number of pyridine rings is 1. The van der Waals surface area contributed by atoms with Gasteiger partial charge in [-0.3, -0.25) is 9.88 Å². The summed E-state index contributed by atoms with van der Waals surface area (Å²) in [6, 6.07) is 6.20. The third kappa shape index (κ3) is 2.50. The summed E-state index contributed by atoms with van der Waals surface area (Å²) in [7, 11) is 0. The Kier molecular flexibility index (Phi) is 3.12. The van der Waals surface area contributed by atoms with E-state index in [9.17, 15) is 0 Å². The van der Waals surface area contributed by atoms with Gasteiger partial charge in [0.2, 0.25) is 0 Å². The molecule has 2 aliphatic heterocycles. The van der Waals surface area contributed by atoms with Crippen LogP contribution in [0.2, 0.25) is 0 Å². The molecule has 3 heteroatoms. The second-order valence-electron chi connectivity index (χ2n) is 5.53. The van der Waals surface area contributed by atoms with Crippen molar-refractivity contribution in [3.8, 4) is 0 Å². The molecule has 0 atom stereocenters. The van der Waals surface area contributed by atoms with Gasteiger partial charge in [-0.2, -0.15) is 0 Å². The molecule has 0 aromatic carbocycles. The number of rotatable bonds is 2. The van der Waals surface area contributed by atoms with E-state index in [2.05, 4.69) is 27.3 Å². The van der Waals surface area contributed by atoms with Crippen LogP contribution < -0.4 is 5.32 Å². The minimum atomic E-state index is 0.611. The van der Waals surface area contributed by atoms with E-state index in [4.69, 9.17) is 0 Å². The lowest BCUT2D eigenvalue weighted by Crippen LogP contribution is -2.38. The van der Waals surface area contributed by atoms with Crippen molar-refractivity contribution in [3.05, 3.63) is 30.1 Å². The van der Waals surface area contributed by atoms with Crippen molar-refractivity contribution in [3.63, 3.8) is 0 Å². The van der Waals surface area contributed by atoms with E-state index in [-0.39, 0.29) is 0 Å². The second kappa shape index (κ2) is 4.75. The SMILES string of the molecule is c1ccc(CN2CCC3(CCNCC3)C2)nc1. The fourth-order valence-electron chi connectivity index (χ4n) is 3.25. The molecule has 3 nitrogen and oxygen atoms in total. The standard InChI is InChI=1S/C14H21N3/c1-2-7-16-13(3-1)11-17-10-6-14(12-17)4-8-15-9-5-14/h1-3,7,15H,4-6,8-12H2. The molecule has 2 saturated heterocycles. The van der Waals surface area contributed by atoms with Crippen LogP contribution in [0.15, 0.2) is 24.4 Å². The van der Waals surface area contributed by atoms with Gasteiger partial charge in [0.1, 0.15) is 0 Å². The predicted octanol–water partition coefficient (Wildman–Crippen LogP) is 1.66. The van der Waals surface area contributed by atoms with Gasteiger partial charge in [-0.25, -0.2) is 0 Å². The summed E-state index contributed by atoms with van der Waals surface area (Å²) in [6.45, 7) is 5.95. The summed E-state index contributed by atoms with van der Waals surface area (Å²) in [5.74, 6) is 0. The lowest BCUT2D eigenvalue weighted by molar-refractivity contribution is 0.193. The van der Waals surface area contributed by atoms with Crippen LogP contribution in [-0.2, 0) is 6.54 Å². The van der Waals surface area contributed by atoms with Crippen LogP contribution in [0, 0.1) is 5.41 Å². The van der Waals surface area contributed by atoms with Crippen LogP contribution in [0.1, 0.15) is 25.0 Å². The maximum atomic E-state index is 4.42. The third-order valence-corrected chi connectivity index (χ3v) is 4.29. The number of aromatic nitrogens is 1. The summed E-state index contributed by atoms with van der Waals surface area (Å²) < 4.78 is 0. The maximum absolute atomic E-state index is 4.42. The summed E-state index contributed by atoms with van der Waals surface area (Å²) in [6.07, 6.45) is 5.98. The fraction of sp³-hybridized carbons (Fsp3) is 0.643. The van der Waals surface area contributed by atoms with Crippen molar-refractivity contribution in [1.82, 2.24) is 15.2 Å². The number of nitrogens with one attached hydrogen (secondary N) is 1. The molecule has 1 N–H and O–H groups in total. The molecule has 2 aliphatic rings. The first-order chi connectivity index (χ1) is 8.36. The van der Waals surface area contributed by atoms with Crippen LogP contribution in [0.5, 0.6) is 0 Å². The Hall–Kier alpha value is -0.930. The summed E-state index contributed by atoms with van der Waals surface area (Å²) in [4.78, 5) is 7.00. The van der Waals surface area contributed by atoms with Crippen molar-refractivity contribution < 1.29 is 0 Å². The number of likely N-dealkylation sites (tertiary alicyclic amines) is 1. The Morgan fingerprint density at radius 3 is 2.88 bits per heavy atom. The first kappa shape index (κ1) is 11.2. The zero-order chi connectivity index (χ0) is 11.6. The molecule has 1 aromatic heterocycles. The molecule has 0 amide bonds. The Labute approximate surface area is 103 Å². The van der Waals surface area contributed by atoms with Crippen LogP contribution >= 0.6 is 0 Å². The fourth-order valence-corrected chi connectivity index (χ4v) is 3.25. The summed E-state index contributed by atoms with van der Waals surface area (Å²) in [5.41, 5.74) is 1.82. The largest absolute Gasteiger partial charge is 0.317 e. The molecular formula is C14H21N3. The monoisotopic (exact) mass is 231 g/mol. The molecule has 3 heterocycles. The van der Waals surface area contributed by atoms with E-state index in [1.807, 2.05) is 12.3 Å². The minimum Gasteiger partial charge on any atom is -0.317 e. The van der Waals surface area contributed by atoms with Gasteiger partial charge in [-0.05, 0) is 56.4 Å². The highest BCUT2D eigenvalue weighted by atomic mass is 15.2. The van der Waals surface area contributed by atoms with E-state index in [1.54, 1.807) is 0 Å². The molecule has 17 heavy (non-hydrogen) atoms. The van der Waals surface area contributed by atoms with Gasteiger partial charge in [0, 0.05) is 19.3 Å². The van der Waals surface area contributed by atoms with Crippen molar-refractivity contribution in [2.75, 3.05) is 26.2 Å². The Bertz CT molecular complexity index is 357. The molecule has 0 radical (unpaired) electrons. The van der Waals surface area contributed by atoms with Crippen LogP contribution in [-0.4, -0.2) is 36.1 Å². The number of hydrogen-bond acceptors (Lipinski definition) is 3. The summed E-state index contributed by atoms with van der Waals surface area (Å²) in [5, 5.41) is 3.47. The molecule has 3 rings (SSSR count). The molecule has 2 fully saturated rings. The van der Waals surface area contributed by atoms with Crippen molar-refractivity contribution in [2.24, 2.45) is 5.41 Å². The number of piperidine rings is 1. The van der Waals surface area contributed by atoms with Gasteiger partial charge in [-0.15, -0.1) is 0 Å². The molecule has 92 valence electrons. The highest BCUT2D eigenvalue weighted by Crippen LogP contribution is 2.38. The smallest absolute Gasteiger partial charge is 0.0543 e. The van der Waals surface area contributed by atoms with Crippen molar-refractivity contribution in [2.45, 2.75) is 25.8 Å². The number of hydrogen-bond donors (Lipinski definition) is 1. The zero-order valence-corrected chi connectivity index (χ0v) is 10.4. The van der Waals surface area contributed by atoms with Crippen molar-refractivity contribution in [1.29, 1.82) is 0 Å². The lowest BCUT2D eigenvalue weighted by atomic mass is 9.78. The van der Waals surface area contributed by atoms with Gasteiger partial charge in [-0.1, -0.05) is 6.07 Å². The molecular weight excluding hydrogens is 210 g/mol. The second-order valence-corrected chi connectivity index (χ2v) is 5.53. The van der Waals surface area contributed by atoms with Crippen LogP contribution in [0.3, 0.4) is 0 Å². The lowest BCUT2D eigenvalue weighted by Gasteiger charge is -2.33. The minimum absolute atomic E-state index is 0.611. The van der Waals surface area contributed by atoms with E-state index in [0.29, 0.717) is 5.41 Å². The molecule has 0 unspecified atom stereocenters. The third-order valence-electron chi connectivity index (χ3n) is 4.29. The average Bonchev–Trinajstić information content (AvgIpc) is 2.74. The van der Waals surface area contributed by atoms with Crippen molar-refractivity contribution >= 4 is 0 Å². The quantitative estimate of drug-likeness (QED) is 0.839. The van der Waals surface area contributed by atoms with E-state index in [1.165, 1.54) is 51.1 Å². The number of nitrogens with zero attached hydrogens (tertiary/aromatic N) is 2. The zero-order valence-electron chi connectivity index (χ0n) is 10.4. The maximum Gasteiger partial charge on any atom is 0.0543 e. The molecule has 1 aromatic rings. The molecule has 0 bridgehead atoms. The topological polar surface area (TPSA) is 28.2 Å². The molecule has 0 aliphatic carbocycles. The van der Waals surface area contributed by atoms with Crippen LogP contribution in [0.25, 0.3) is 0 Å². The highest BCUT2D eigenvalue weighted by molar-refractivity contribution is 5.04. The van der Waals surface area contributed by atoms with Gasteiger partial charge in [0.25, 0.3) is 0 Å². The van der Waals surface area contributed by atoms with Gasteiger partial charge >= 0.3 is 0 Å². The average molecular weight is 231 g/mol. The predicted molar refractivity (Wildman–Crippen MR) is 68.7 cm³/mol.